The number of hydrogen-bond acceptors (Lipinski definition) is 3. The number of aryl methyl sites for hydroxylation is 1. The van der Waals surface area contributed by atoms with E-state index in [2.05, 4.69) is 15.0 Å². The molecular weight excluding hydrogens is 319 g/mol. The first-order valence-electron chi connectivity index (χ1n) is 7.46. The summed E-state index contributed by atoms with van der Waals surface area (Å²) in [4.78, 5) is 11.2. The number of halogens is 3. The van der Waals surface area contributed by atoms with Crippen molar-refractivity contribution in [2.24, 2.45) is 16.5 Å². The number of nitrogens with zero attached hydrogens (tertiary/aromatic N) is 3. The van der Waals surface area contributed by atoms with Crippen molar-refractivity contribution in [2.75, 3.05) is 0 Å². The van der Waals surface area contributed by atoms with E-state index in [1.165, 1.54) is 0 Å². The summed E-state index contributed by atoms with van der Waals surface area (Å²) in [5.41, 5.74) is 11.0. The minimum atomic E-state index is -4.58. The molecule has 3 rings (SSSR count). The highest BCUT2D eigenvalue weighted by molar-refractivity contribution is 5.77. The molecule has 0 fully saturated rings. The highest BCUT2D eigenvalue weighted by atomic mass is 19.4. The van der Waals surface area contributed by atoms with Gasteiger partial charge in [-0.2, -0.15) is 18.2 Å². The molecule has 126 valence electrons. The van der Waals surface area contributed by atoms with Crippen LogP contribution in [0.4, 0.5) is 19.1 Å². The van der Waals surface area contributed by atoms with E-state index in [4.69, 9.17) is 11.5 Å². The van der Waals surface area contributed by atoms with Crippen LogP contribution < -0.4 is 11.5 Å². The Hall–Kier alpha value is -2.64. The van der Waals surface area contributed by atoms with Crippen LogP contribution in [0.15, 0.2) is 35.3 Å². The summed E-state index contributed by atoms with van der Waals surface area (Å²) in [5.74, 6) is -0.711. The van der Waals surface area contributed by atoms with Gasteiger partial charge in [-0.25, -0.2) is 9.97 Å². The highest BCUT2D eigenvalue weighted by Crippen LogP contribution is 2.39. The zero-order chi connectivity index (χ0) is 17.3. The van der Waals surface area contributed by atoms with Crippen LogP contribution in [0.1, 0.15) is 34.9 Å². The molecule has 0 radical (unpaired) electrons. The molecule has 1 aromatic heterocycles. The van der Waals surface area contributed by atoms with E-state index in [-0.39, 0.29) is 29.8 Å². The van der Waals surface area contributed by atoms with Gasteiger partial charge in [0.05, 0.1) is 0 Å². The molecule has 8 heteroatoms. The standard InChI is InChI=1S/C16H16F3N5/c17-16(18,19)13-11-8-10(9-4-2-1-3-5-9)6-7-12(11)22-15(23-13)24-14(20)21/h1-5,10H,6-8H2,(H4,20,21,22,23,24). The summed E-state index contributed by atoms with van der Waals surface area (Å²) in [6.45, 7) is 0. The number of hydrogen-bond donors (Lipinski definition) is 2. The maximum Gasteiger partial charge on any atom is 0.433 e. The second kappa shape index (κ2) is 6.10. The molecule has 5 nitrogen and oxygen atoms in total. The minimum Gasteiger partial charge on any atom is -0.370 e. The van der Waals surface area contributed by atoms with Gasteiger partial charge in [0.2, 0.25) is 0 Å². The van der Waals surface area contributed by atoms with Gasteiger partial charge in [0.25, 0.3) is 5.95 Å². The first-order chi connectivity index (χ1) is 11.3. The zero-order valence-corrected chi connectivity index (χ0v) is 12.7. The molecule has 2 aromatic rings. The van der Waals surface area contributed by atoms with Crippen LogP contribution in [-0.2, 0) is 19.0 Å². The Kier molecular flexibility index (Phi) is 4.13. The van der Waals surface area contributed by atoms with E-state index in [0.717, 1.165) is 5.56 Å². The predicted molar refractivity (Wildman–Crippen MR) is 83.7 cm³/mol. The molecule has 0 amide bonds. The van der Waals surface area contributed by atoms with Crippen molar-refractivity contribution in [3.8, 4) is 0 Å². The van der Waals surface area contributed by atoms with Gasteiger partial charge in [-0.15, -0.1) is 0 Å². The smallest absolute Gasteiger partial charge is 0.370 e. The van der Waals surface area contributed by atoms with E-state index in [9.17, 15) is 13.2 Å². The van der Waals surface area contributed by atoms with Gasteiger partial charge in [0.15, 0.2) is 11.7 Å². The van der Waals surface area contributed by atoms with Crippen LogP contribution in [0.3, 0.4) is 0 Å². The second-order valence-electron chi connectivity index (χ2n) is 5.68. The van der Waals surface area contributed by atoms with Crippen molar-refractivity contribution in [1.82, 2.24) is 9.97 Å². The van der Waals surface area contributed by atoms with Gasteiger partial charge >= 0.3 is 6.18 Å². The van der Waals surface area contributed by atoms with Gasteiger partial charge in [-0.3, -0.25) is 0 Å². The first kappa shape index (κ1) is 16.2. The number of rotatable bonds is 2. The molecule has 1 aliphatic carbocycles. The number of nitrogens with two attached hydrogens (primary N) is 2. The quantitative estimate of drug-likeness (QED) is 0.652. The molecule has 4 N–H and O–H groups in total. The van der Waals surface area contributed by atoms with Gasteiger partial charge in [0, 0.05) is 11.3 Å². The molecule has 0 aliphatic heterocycles. The third-order valence-electron chi connectivity index (χ3n) is 4.03. The largest absolute Gasteiger partial charge is 0.433 e. The van der Waals surface area contributed by atoms with Crippen molar-refractivity contribution in [2.45, 2.75) is 31.4 Å². The molecule has 0 saturated carbocycles. The fourth-order valence-electron chi connectivity index (χ4n) is 3.01. The van der Waals surface area contributed by atoms with E-state index >= 15 is 0 Å². The van der Waals surface area contributed by atoms with Crippen molar-refractivity contribution >= 4 is 11.9 Å². The SMILES string of the molecule is NC(N)=Nc1nc2c(c(C(F)(F)F)n1)CC(c1ccccc1)CC2. The van der Waals surface area contributed by atoms with Crippen LogP contribution in [0.5, 0.6) is 0 Å². The molecule has 1 aromatic carbocycles. The lowest BCUT2D eigenvalue weighted by Gasteiger charge is -2.26. The summed E-state index contributed by atoms with van der Waals surface area (Å²) in [6, 6.07) is 9.50. The van der Waals surface area contributed by atoms with E-state index in [0.29, 0.717) is 18.5 Å². The first-order valence-corrected chi connectivity index (χ1v) is 7.46. The Morgan fingerprint density at radius 1 is 1.12 bits per heavy atom. The summed E-state index contributed by atoms with van der Waals surface area (Å²) >= 11 is 0. The highest BCUT2D eigenvalue weighted by Gasteiger charge is 2.39. The fourth-order valence-corrected chi connectivity index (χ4v) is 3.01. The normalized spacial score (nSPS) is 17.2. The number of fused-ring (bicyclic) bond motifs is 1. The van der Waals surface area contributed by atoms with Crippen LogP contribution in [0.25, 0.3) is 0 Å². The predicted octanol–water partition coefficient (Wildman–Crippen LogP) is 2.67. The van der Waals surface area contributed by atoms with E-state index < -0.39 is 11.9 Å². The lowest BCUT2D eigenvalue weighted by molar-refractivity contribution is -0.142. The third-order valence-corrected chi connectivity index (χ3v) is 4.03. The Bertz CT molecular complexity index is 767. The van der Waals surface area contributed by atoms with Gasteiger partial charge in [-0.1, -0.05) is 30.3 Å². The molecule has 0 bridgehead atoms. The fraction of sp³-hybridized carbons (Fsp3) is 0.312. The summed E-state index contributed by atoms with van der Waals surface area (Å²) in [5, 5.41) is 0. The molecule has 0 spiro atoms. The minimum absolute atomic E-state index is 0.0114. The Morgan fingerprint density at radius 3 is 2.46 bits per heavy atom. The topological polar surface area (TPSA) is 90.2 Å². The van der Waals surface area contributed by atoms with Gasteiger partial charge in [-0.05, 0) is 30.7 Å². The van der Waals surface area contributed by atoms with Crippen molar-refractivity contribution in [3.05, 3.63) is 52.8 Å². The maximum atomic E-state index is 13.4. The monoisotopic (exact) mass is 335 g/mol. The molecule has 1 aliphatic rings. The second-order valence-corrected chi connectivity index (χ2v) is 5.68. The van der Waals surface area contributed by atoms with Crippen molar-refractivity contribution in [1.29, 1.82) is 0 Å². The van der Waals surface area contributed by atoms with Gasteiger partial charge < -0.3 is 11.5 Å². The van der Waals surface area contributed by atoms with Crippen molar-refractivity contribution in [3.63, 3.8) is 0 Å². The lowest BCUT2D eigenvalue weighted by Crippen LogP contribution is -2.24. The van der Waals surface area contributed by atoms with Gasteiger partial charge in [0.1, 0.15) is 0 Å². The number of guanidine groups is 1. The number of aliphatic imine (C=N–C) groups is 1. The number of benzene rings is 1. The van der Waals surface area contributed by atoms with Crippen LogP contribution in [-0.4, -0.2) is 15.9 Å². The molecule has 0 saturated heterocycles. The molecule has 1 atom stereocenters. The van der Waals surface area contributed by atoms with E-state index in [1.54, 1.807) is 0 Å². The average Bonchev–Trinajstić information content (AvgIpc) is 2.53. The number of aromatic nitrogens is 2. The van der Waals surface area contributed by atoms with Crippen molar-refractivity contribution < 1.29 is 13.2 Å². The lowest BCUT2D eigenvalue weighted by atomic mass is 9.81. The van der Waals surface area contributed by atoms with Crippen LogP contribution >= 0.6 is 0 Å². The summed E-state index contributed by atoms with van der Waals surface area (Å²) in [7, 11) is 0. The number of alkyl halides is 3. The molecular formula is C16H16F3N5. The zero-order valence-electron chi connectivity index (χ0n) is 12.7. The summed E-state index contributed by atoms with van der Waals surface area (Å²) in [6.07, 6.45) is -3.20. The maximum absolute atomic E-state index is 13.4. The Labute approximate surface area is 136 Å². The average molecular weight is 335 g/mol. The van der Waals surface area contributed by atoms with Crippen LogP contribution in [0, 0.1) is 0 Å². The van der Waals surface area contributed by atoms with E-state index in [1.807, 2.05) is 30.3 Å². The molecule has 1 heterocycles. The molecule has 1 unspecified atom stereocenters. The van der Waals surface area contributed by atoms with Crippen LogP contribution in [0.2, 0.25) is 0 Å². The third kappa shape index (κ3) is 3.32. The summed E-state index contributed by atoms with van der Waals surface area (Å²) < 4.78 is 40.3. The molecule has 24 heavy (non-hydrogen) atoms. The Balaban J connectivity index is 2.05. The Morgan fingerprint density at radius 2 is 1.83 bits per heavy atom.